The molecule has 4 aromatic rings. The Morgan fingerprint density at radius 2 is 2.00 bits per heavy atom. The van der Waals surface area contributed by atoms with E-state index in [1.807, 2.05) is 29.0 Å². The van der Waals surface area contributed by atoms with Gasteiger partial charge in [0.1, 0.15) is 11.6 Å². The van der Waals surface area contributed by atoms with Crippen molar-refractivity contribution in [1.82, 2.24) is 19.7 Å². The van der Waals surface area contributed by atoms with Crippen LogP contribution in [-0.2, 0) is 11.3 Å². The summed E-state index contributed by atoms with van der Waals surface area (Å²) >= 11 is 14.6. The van der Waals surface area contributed by atoms with Crippen molar-refractivity contribution in [2.75, 3.05) is 11.1 Å². The number of carbonyl (C=O) groups is 1. The number of amides is 1. The maximum atomic E-state index is 13.3. The molecule has 12 heteroatoms. The third-order valence-corrected chi connectivity index (χ3v) is 7.12. The third kappa shape index (κ3) is 6.32. The molecule has 2 aromatic heterocycles. The average Bonchev–Trinajstić information content (AvgIpc) is 3.47. The minimum absolute atomic E-state index is 0.132. The first kappa shape index (κ1) is 25.4. The van der Waals surface area contributed by atoms with Crippen molar-refractivity contribution >= 4 is 57.3 Å². The molecule has 2 aromatic carbocycles. The summed E-state index contributed by atoms with van der Waals surface area (Å²) in [6.45, 7) is 4.33. The molecule has 0 spiro atoms. The summed E-state index contributed by atoms with van der Waals surface area (Å²) in [4.78, 5) is 17.0. The Kier molecular flexibility index (Phi) is 8.27. The highest BCUT2D eigenvalue weighted by atomic mass is 35.5. The molecule has 0 saturated heterocycles. The number of rotatable bonds is 9. The van der Waals surface area contributed by atoms with Gasteiger partial charge in [-0.05, 0) is 44.2 Å². The number of ether oxygens (including phenoxy) is 1. The maximum Gasteiger partial charge on any atom is 0.236 e. The van der Waals surface area contributed by atoms with Crippen LogP contribution in [0.2, 0.25) is 10.0 Å². The van der Waals surface area contributed by atoms with Gasteiger partial charge in [0.15, 0.2) is 22.2 Å². The van der Waals surface area contributed by atoms with E-state index in [0.717, 1.165) is 11.3 Å². The number of thioether (sulfide) groups is 1. The average molecular weight is 552 g/mol. The van der Waals surface area contributed by atoms with Gasteiger partial charge in [0, 0.05) is 22.5 Å². The van der Waals surface area contributed by atoms with Crippen molar-refractivity contribution < 1.29 is 13.9 Å². The molecule has 35 heavy (non-hydrogen) atoms. The van der Waals surface area contributed by atoms with Gasteiger partial charge in [-0.25, -0.2) is 9.37 Å². The summed E-state index contributed by atoms with van der Waals surface area (Å²) in [6.07, 6.45) is -0.491. The summed E-state index contributed by atoms with van der Waals surface area (Å²) < 4.78 is 21.0. The van der Waals surface area contributed by atoms with E-state index < -0.39 is 11.9 Å². The fourth-order valence-corrected chi connectivity index (χ4v) is 5.07. The van der Waals surface area contributed by atoms with Gasteiger partial charge >= 0.3 is 0 Å². The van der Waals surface area contributed by atoms with Crippen LogP contribution >= 0.6 is 46.3 Å². The van der Waals surface area contributed by atoms with Crippen LogP contribution in [0.1, 0.15) is 25.8 Å². The molecule has 1 unspecified atom stereocenters. The molecule has 0 aliphatic carbocycles. The normalized spacial score (nSPS) is 11.9. The highest BCUT2D eigenvalue weighted by molar-refractivity contribution is 7.99. The lowest BCUT2D eigenvalue weighted by Crippen LogP contribution is -2.15. The maximum absolute atomic E-state index is 13.3. The van der Waals surface area contributed by atoms with Crippen LogP contribution < -0.4 is 10.1 Å². The fourth-order valence-electron chi connectivity index (χ4n) is 3.19. The number of halogens is 3. The number of carbonyl (C=O) groups excluding carboxylic acids is 1. The first-order valence-corrected chi connectivity index (χ1v) is 13.1. The van der Waals surface area contributed by atoms with Crippen molar-refractivity contribution in [3.05, 3.63) is 69.5 Å². The summed E-state index contributed by atoms with van der Waals surface area (Å²) in [5.41, 5.74) is 1.68. The predicted molar refractivity (Wildman–Crippen MR) is 138 cm³/mol. The Labute approximate surface area is 219 Å². The van der Waals surface area contributed by atoms with Crippen LogP contribution in [0, 0.1) is 5.82 Å². The number of hydrogen-bond donors (Lipinski definition) is 1. The van der Waals surface area contributed by atoms with E-state index >= 15 is 0 Å². The topological polar surface area (TPSA) is 81.9 Å². The lowest BCUT2D eigenvalue weighted by Gasteiger charge is -2.16. The second-order valence-electron chi connectivity index (χ2n) is 7.30. The zero-order valence-corrected chi connectivity index (χ0v) is 21.8. The van der Waals surface area contributed by atoms with Crippen LogP contribution in [0.3, 0.4) is 0 Å². The van der Waals surface area contributed by atoms with Crippen molar-refractivity contribution in [3.63, 3.8) is 0 Å². The quantitative estimate of drug-likeness (QED) is 0.232. The third-order valence-electron chi connectivity index (χ3n) is 4.85. The van der Waals surface area contributed by atoms with Crippen molar-refractivity contribution in [2.45, 2.75) is 31.7 Å². The number of aromatic nitrogens is 4. The van der Waals surface area contributed by atoms with Crippen LogP contribution in [-0.4, -0.2) is 31.4 Å². The van der Waals surface area contributed by atoms with E-state index in [1.54, 1.807) is 19.1 Å². The minimum Gasteiger partial charge on any atom is -0.481 e. The Morgan fingerprint density at radius 3 is 2.71 bits per heavy atom. The number of hydrogen-bond acceptors (Lipinski definition) is 7. The molecular weight excluding hydrogens is 532 g/mol. The van der Waals surface area contributed by atoms with Crippen molar-refractivity contribution in [3.8, 4) is 17.0 Å². The molecule has 4 rings (SSSR count). The van der Waals surface area contributed by atoms with Gasteiger partial charge in [0.05, 0.1) is 16.5 Å². The number of nitrogens with one attached hydrogen (secondary N) is 1. The molecule has 1 N–H and O–H groups in total. The van der Waals surface area contributed by atoms with Gasteiger partial charge in [-0.15, -0.1) is 21.5 Å². The summed E-state index contributed by atoms with van der Waals surface area (Å²) in [5.74, 6) is 0.404. The highest BCUT2D eigenvalue weighted by Gasteiger charge is 2.20. The van der Waals surface area contributed by atoms with E-state index in [9.17, 15) is 9.18 Å². The van der Waals surface area contributed by atoms with E-state index in [2.05, 4.69) is 20.5 Å². The van der Waals surface area contributed by atoms with Gasteiger partial charge in [0.2, 0.25) is 5.91 Å². The van der Waals surface area contributed by atoms with Crippen LogP contribution in [0.4, 0.5) is 9.52 Å². The van der Waals surface area contributed by atoms with Gasteiger partial charge in [-0.2, -0.15) is 0 Å². The first-order chi connectivity index (χ1) is 16.8. The lowest BCUT2D eigenvalue weighted by molar-refractivity contribution is -0.113. The van der Waals surface area contributed by atoms with E-state index in [0.29, 0.717) is 33.4 Å². The highest BCUT2D eigenvalue weighted by Crippen LogP contribution is 2.31. The van der Waals surface area contributed by atoms with Gasteiger partial charge in [0.25, 0.3) is 0 Å². The molecule has 0 aliphatic heterocycles. The molecule has 1 atom stereocenters. The van der Waals surface area contributed by atoms with Crippen molar-refractivity contribution in [1.29, 1.82) is 0 Å². The van der Waals surface area contributed by atoms with Crippen molar-refractivity contribution in [2.24, 2.45) is 0 Å². The number of benzene rings is 2. The van der Waals surface area contributed by atoms with Crippen LogP contribution in [0.5, 0.6) is 5.75 Å². The van der Waals surface area contributed by atoms with Crippen LogP contribution in [0.25, 0.3) is 11.3 Å². The zero-order valence-electron chi connectivity index (χ0n) is 18.7. The van der Waals surface area contributed by atoms with E-state index in [1.165, 1.54) is 41.3 Å². The predicted octanol–water partition coefficient (Wildman–Crippen LogP) is 6.74. The molecular formula is C23H20Cl2FN5O2S2. The summed E-state index contributed by atoms with van der Waals surface area (Å²) in [6, 6.07) is 11.3. The summed E-state index contributed by atoms with van der Waals surface area (Å²) in [7, 11) is 0. The Balaban J connectivity index is 1.36. The second-order valence-corrected chi connectivity index (χ2v) is 9.95. The number of anilines is 1. The molecule has 2 heterocycles. The number of thiazole rings is 1. The molecule has 0 aliphatic rings. The Bertz CT molecular complexity index is 1330. The molecule has 1 amide bonds. The molecule has 0 fully saturated rings. The Hall–Kier alpha value is -2.66. The van der Waals surface area contributed by atoms with E-state index in [4.69, 9.17) is 27.9 Å². The van der Waals surface area contributed by atoms with Gasteiger partial charge in [-0.1, -0.05) is 47.1 Å². The lowest BCUT2D eigenvalue weighted by atomic mass is 10.2. The summed E-state index contributed by atoms with van der Waals surface area (Å²) in [5, 5.41) is 15.1. The second kappa shape index (κ2) is 11.4. The molecule has 182 valence electrons. The fraction of sp³-hybridized carbons (Fsp3) is 0.217. The zero-order chi connectivity index (χ0) is 24.9. The smallest absolute Gasteiger partial charge is 0.236 e. The first-order valence-electron chi connectivity index (χ1n) is 10.5. The molecule has 0 saturated carbocycles. The minimum atomic E-state index is -0.491. The molecule has 0 radical (unpaired) electrons. The van der Waals surface area contributed by atoms with Crippen LogP contribution in [0.15, 0.2) is 53.0 Å². The Morgan fingerprint density at radius 1 is 1.23 bits per heavy atom. The van der Waals surface area contributed by atoms with Gasteiger partial charge in [-0.3, -0.25) is 4.79 Å². The largest absolute Gasteiger partial charge is 0.481 e. The molecule has 0 bridgehead atoms. The van der Waals surface area contributed by atoms with E-state index in [-0.39, 0.29) is 16.7 Å². The number of nitrogens with zero attached hydrogens (tertiary/aromatic N) is 4. The SMILES string of the molecule is CCn1c(SCC(=O)Nc2nc(-c3ccc(Cl)cc3)cs2)nnc1C(C)Oc1ccc(F)cc1Cl. The monoisotopic (exact) mass is 551 g/mol. The standard InChI is InChI=1S/C23H20Cl2FN5O2S2/c1-3-31-21(13(2)33-19-9-8-16(26)10-17(19)25)29-30-23(31)35-12-20(32)28-22-27-18(11-34-22)14-4-6-15(24)7-5-14/h4-11,13H,3,12H2,1-2H3,(H,27,28,32). The molecule has 7 nitrogen and oxygen atoms in total. The van der Waals surface area contributed by atoms with Gasteiger partial charge < -0.3 is 14.6 Å².